The van der Waals surface area contributed by atoms with Crippen LogP contribution in [0.25, 0.3) is 0 Å². The topological polar surface area (TPSA) is 67.4 Å². The number of anilines is 1. The molecule has 0 spiro atoms. The molecule has 2 fully saturated rings. The van der Waals surface area contributed by atoms with Crippen molar-refractivity contribution in [2.45, 2.75) is 31.2 Å². The van der Waals surface area contributed by atoms with E-state index in [2.05, 4.69) is 10.6 Å². The summed E-state index contributed by atoms with van der Waals surface area (Å²) in [5, 5.41) is 6.22. The first-order valence-electron chi connectivity index (χ1n) is 7.30. The van der Waals surface area contributed by atoms with Crippen LogP contribution in [0, 0.1) is 5.41 Å². The molecular formula is C16H20N2O3. The second-order valence-corrected chi connectivity index (χ2v) is 6.03. The molecule has 0 atom stereocenters. The molecule has 1 aromatic rings. The van der Waals surface area contributed by atoms with Crippen molar-refractivity contribution in [3.8, 4) is 0 Å². The van der Waals surface area contributed by atoms with Crippen molar-refractivity contribution in [2.75, 3.05) is 19.0 Å². The lowest BCUT2D eigenvalue weighted by atomic mass is 10.1. The summed E-state index contributed by atoms with van der Waals surface area (Å²) in [7, 11) is 1.39. The lowest BCUT2D eigenvalue weighted by Gasteiger charge is -2.20. The standard InChI is InChI=1S/C16H20N2O3/c1-21-14(20)15(7-8-15)11-17-13(19)16(9-10-16)18-12-5-3-2-4-6-12/h2-6,18H,7-11H2,1H3,(H,17,19). The van der Waals surface area contributed by atoms with Crippen molar-refractivity contribution in [2.24, 2.45) is 5.41 Å². The van der Waals surface area contributed by atoms with E-state index in [1.54, 1.807) is 0 Å². The van der Waals surface area contributed by atoms with Gasteiger partial charge >= 0.3 is 5.97 Å². The van der Waals surface area contributed by atoms with E-state index in [-0.39, 0.29) is 11.9 Å². The summed E-state index contributed by atoms with van der Waals surface area (Å²) >= 11 is 0. The van der Waals surface area contributed by atoms with E-state index >= 15 is 0 Å². The molecule has 21 heavy (non-hydrogen) atoms. The highest BCUT2D eigenvalue weighted by atomic mass is 16.5. The molecule has 2 N–H and O–H groups in total. The quantitative estimate of drug-likeness (QED) is 0.782. The van der Waals surface area contributed by atoms with E-state index in [0.717, 1.165) is 31.4 Å². The Morgan fingerprint density at radius 3 is 2.33 bits per heavy atom. The minimum Gasteiger partial charge on any atom is -0.469 e. The predicted octanol–water partition coefficient (Wildman–Crippen LogP) is 1.70. The number of hydrogen-bond donors (Lipinski definition) is 2. The lowest BCUT2D eigenvalue weighted by Crippen LogP contribution is -2.45. The minimum absolute atomic E-state index is 0.0264. The average molecular weight is 288 g/mol. The molecule has 0 radical (unpaired) electrons. The van der Waals surface area contributed by atoms with Gasteiger partial charge in [-0.2, -0.15) is 0 Å². The molecule has 3 rings (SSSR count). The first-order chi connectivity index (χ1) is 10.1. The molecule has 2 saturated carbocycles. The number of esters is 1. The fourth-order valence-corrected chi connectivity index (χ4v) is 2.57. The van der Waals surface area contributed by atoms with Crippen LogP contribution in [0.2, 0.25) is 0 Å². The Hall–Kier alpha value is -2.04. The SMILES string of the molecule is COC(=O)C1(CNC(=O)C2(Nc3ccccc3)CC2)CC1. The summed E-state index contributed by atoms with van der Waals surface area (Å²) in [6.07, 6.45) is 3.22. The van der Waals surface area contributed by atoms with Crippen molar-refractivity contribution in [3.05, 3.63) is 30.3 Å². The van der Waals surface area contributed by atoms with Crippen molar-refractivity contribution in [1.82, 2.24) is 5.32 Å². The highest BCUT2D eigenvalue weighted by Gasteiger charge is 2.54. The van der Waals surface area contributed by atoms with E-state index in [4.69, 9.17) is 4.74 Å². The lowest BCUT2D eigenvalue weighted by molar-refractivity contribution is -0.147. The number of ether oxygens (including phenoxy) is 1. The molecule has 0 bridgehead atoms. The Morgan fingerprint density at radius 1 is 1.14 bits per heavy atom. The number of hydrogen-bond acceptors (Lipinski definition) is 4. The summed E-state index contributed by atoms with van der Waals surface area (Å²) in [6, 6.07) is 9.71. The molecule has 0 aliphatic heterocycles. The van der Waals surface area contributed by atoms with Crippen LogP contribution in [0.5, 0.6) is 0 Å². The fourth-order valence-electron chi connectivity index (χ4n) is 2.57. The van der Waals surface area contributed by atoms with Gasteiger partial charge in [0.1, 0.15) is 5.54 Å². The van der Waals surface area contributed by atoms with E-state index in [1.807, 2.05) is 30.3 Å². The first-order valence-corrected chi connectivity index (χ1v) is 7.30. The summed E-state index contributed by atoms with van der Waals surface area (Å²) in [4.78, 5) is 24.1. The number of methoxy groups -OCH3 is 1. The molecule has 0 unspecified atom stereocenters. The zero-order valence-corrected chi connectivity index (χ0v) is 12.1. The molecule has 112 valence electrons. The Bertz CT molecular complexity index is 548. The zero-order chi connectivity index (χ0) is 14.9. The van der Waals surface area contributed by atoms with Crippen LogP contribution in [0.15, 0.2) is 30.3 Å². The number of carbonyl (C=O) groups is 2. The number of benzene rings is 1. The van der Waals surface area contributed by atoms with Crippen LogP contribution in [-0.2, 0) is 14.3 Å². The zero-order valence-electron chi connectivity index (χ0n) is 12.1. The van der Waals surface area contributed by atoms with Gasteiger partial charge in [-0.15, -0.1) is 0 Å². The number of carbonyl (C=O) groups excluding carboxylic acids is 2. The second kappa shape index (κ2) is 5.06. The van der Waals surface area contributed by atoms with Crippen LogP contribution >= 0.6 is 0 Å². The monoisotopic (exact) mass is 288 g/mol. The Kier molecular flexibility index (Phi) is 3.35. The van der Waals surface area contributed by atoms with Crippen molar-refractivity contribution in [1.29, 1.82) is 0 Å². The molecule has 0 aromatic heterocycles. The third-order valence-electron chi connectivity index (χ3n) is 4.40. The highest BCUT2D eigenvalue weighted by molar-refractivity contribution is 5.93. The summed E-state index contributed by atoms with van der Waals surface area (Å²) in [6.45, 7) is 0.372. The summed E-state index contributed by atoms with van der Waals surface area (Å²) < 4.78 is 4.80. The maximum absolute atomic E-state index is 12.4. The average Bonchev–Trinajstić information content (AvgIpc) is 3.41. The molecule has 1 amide bonds. The summed E-state index contributed by atoms with van der Waals surface area (Å²) in [5.74, 6) is -0.245. The third kappa shape index (κ3) is 2.73. The van der Waals surface area contributed by atoms with Gasteiger partial charge in [0.25, 0.3) is 0 Å². The van der Waals surface area contributed by atoms with Crippen LogP contribution in [0.1, 0.15) is 25.7 Å². The molecule has 5 heteroatoms. The number of nitrogens with one attached hydrogen (secondary N) is 2. The molecule has 0 heterocycles. The smallest absolute Gasteiger partial charge is 0.313 e. The Labute approximate surface area is 124 Å². The number of para-hydroxylation sites is 1. The molecule has 5 nitrogen and oxygen atoms in total. The van der Waals surface area contributed by atoms with E-state index in [0.29, 0.717) is 6.54 Å². The normalized spacial score (nSPS) is 20.2. The van der Waals surface area contributed by atoms with Gasteiger partial charge in [0, 0.05) is 12.2 Å². The van der Waals surface area contributed by atoms with Gasteiger partial charge in [-0.3, -0.25) is 9.59 Å². The molecular weight excluding hydrogens is 268 g/mol. The summed E-state index contributed by atoms with van der Waals surface area (Å²) in [5.41, 5.74) is -0.0416. The van der Waals surface area contributed by atoms with Crippen LogP contribution in [-0.4, -0.2) is 31.1 Å². The highest BCUT2D eigenvalue weighted by Crippen LogP contribution is 2.46. The molecule has 1 aromatic carbocycles. The van der Waals surface area contributed by atoms with Crippen molar-refractivity contribution < 1.29 is 14.3 Å². The Balaban J connectivity index is 1.57. The second-order valence-electron chi connectivity index (χ2n) is 6.03. The van der Waals surface area contributed by atoms with E-state index < -0.39 is 11.0 Å². The molecule has 2 aliphatic carbocycles. The van der Waals surface area contributed by atoms with Crippen LogP contribution < -0.4 is 10.6 Å². The van der Waals surface area contributed by atoms with Crippen LogP contribution in [0.4, 0.5) is 5.69 Å². The van der Waals surface area contributed by atoms with Crippen LogP contribution in [0.3, 0.4) is 0 Å². The Morgan fingerprint density at radius 2 is 1.81 bits per heavy atom. The predicted molar refractivity (Wildman–Crippen MR) is 78.7 cm³/mol. The van der Waals surface area contributed by atoms with Gasteiger partial charge in [0.2, 0.25) is 5.91 Å². The maximum Gasteiger partial charge on any atom is 0.313 e. The van der Waals surface area contributed by atoms with Gasteiger partial charge in [0.15, 0.2) is 0 Å². The van der Waals surface area contributed by atoms with E-state index in [1.165, 1.54) is 7.11 Å². The van der Waals surface area contributed by atoms with Gasteiger partial charge in [-0.25, -0.2) is 0 Å². The van der Waals surface area contributed by atoms with Gasteiger partial charge in [-0.1, -0.05) is 18.2 Å². The number of rotatable bonds is 6. The maximum atomic E-state index is 12.4. The largest absolute Gasteiger partial charge is 0.469 e. The minimum atomic E-state index is -0.506. The van der Waals surface area contributed by atoms with Crippen molar-refractivity contribution in [3.63, 3.8) is 0 Å². The van der Waals surface area contributed by atoms with Gasteiger partial charge in [-0.05, 0) is 37.8 Å². The first kappa shape index (κ1) is 13.9. The van der Waals surface area contributed by atoms with Gasteiger partial charge in [0.05, 0.1) is 12.5 Å². The van der Waals surface area contributed by atoms with Gasteiger partial charge < -0.3 is 15.4 Å². The fraction of sp³-hybridized carbons (Fsp3) is 0.500. The number of amides is 1. The molecule has 0 saturated heterocycles. The third-order valence-corrected chi connectivity index (χ3v) is 4.40. The van der Waals surface area contributed by atoms with Crippen molar-refractivity contribution >= 4 is 17.6 Å². The molecule has 2 aliphatic rings. The van der Waals surface area contributed by atoms with E-state index in [9.17, 15) is 9.59 Å².